The molecule has 0 radical (unpaired) electrons. The molecule has 1 aromatic carbocycles. The first-order valence-corrected chi connectivity index (χ1v) is 11.3. The summed E-state index contributed by atoms with van der Waals surface area (Å²) in [5, 5.41) is 3.34. The number of phosphoric ester groups is 1. The van der Waals surface area contributed by atoms with Crippen molar-refractivity contribution in [3.63, 3.8) is 0 Å². The Morgan fingerprint density at radius 3 is 2.17 bits per heavy atom. The Labute approximate surface area is 243 Å². The molecule has 2 saturated heterocycles. The van der Waals surface area contributed by atoms with Crippen molar-refractivity contribution in [2.45, 2.75) is 52.2 Å². The summed E-state index contributed by atoms with van der Waals surface area (Å²) in [7, 11) is -5.60. The molecule has 0 spiro atoms. The Hall–Kier alpha value is 0.0500. The Balaban J connectivity index is 0.00000216. The Morgan fingerprint density at radius 1 is 1.09 bits per heavy atom. The summed E-state index contributed by atoms with van der Waals surface area (Å²) in [6, 6.07) is 4.42. The van der Waals surface area contributed by atoms with E-state index in [4.69, 9.17) is 14.5 Å². The van der Waals surface area contributed by atoms with Gasteiger partial charge in [0.1, 0.15) is 19.3 Å². The number of benzene rings is 1. The number of hydrogen-bond acceptors (Lipinski definition) is 9. The fourth-order valence-corrected chi connectivity index (χ4v) is 5.30. The van der Waals surface area contributed by atoms with Gasteiger partial charge >= 0.3 is 65.3 Å². The second kappa shape index (κ2) is 9.66. The molecule has 1 aromatic heterocycles. The van der Waals surface area contributed by atoms with E-state index < -0.39 is 47.7 Å². The number of fused-ring (bicyclic) bond motifs is 1. The van der Waals surface area contributed by atoms with Crippen LogP contribution in [0.1, 0.15) is 45.9 Å². The number of halogens is 3. The van der Waals surface area contributed by atoms with Crippen molar-refractivity contribution in [3.05, 3.63) is 35.6 Å². The molecule has 0 N–H and O–H groups in total. The molecule has 2 aromatic rings. The molecule has 2 unspecified atom stereocenters. The second-order valence-corrected chi connectivity index (χ2v) is 10.8. The number of hydrogen-bond donors (Lipinski definition) is 0. The minimum atomic E-state index is -5.60. The van der Waals surface area contributed by atoms with Crippen LogP contribution < -0.4 is 73.4 Å². The monoisotopic (exact) mass is 537 g/mol. The van der Waals surface area contributed by atoms with Crippen LogP contribution in [0.15, 0.2) is 28.8 Å². The minimum Gasteiger partial charge on any atom is -0.780 e. The molecule has 182 valence electrons. The Morgan fingerprint density at radius 2 is 1.71 bits per heavy atom. The molecule has 2 aliphatic heterocycles. The molecule has 2 aliphatic rings. The summed E-state index contributed by atoms with van der Waals surface area (Å²) < 4.78 is 65.1. The number of ether oxygens (including phenoxy) is 1. The van der Waals surface area contributed by atoms with Gasteiger partial charge in [0.05, 0.1) is 6.61 Å². The van der Waals surface area contributed by atoms with E-state index >= 15 is 0 Å². The van der Waals surface area contributed by atoms with Crippen LogP contribution in [0.5, 0.6) is 5.75 Å². The maximum atomic E-state index is 12.9. The van der Waals surface area contributed by atoms with Gasteiger partial charge in [-0.15, -0.1) is 0 Å². The van der Waals surface area contributed by atoms with Gasteiger partial charge in [0, 0.05) is 28.0 Å². The summed E-state index contributed by atoms with van der Waals surface area (Å²) >= 11 is 0. The first-order valence-electron chi connectivity index (χ1n) is 9.85. The predicted molar refractivity (Wildman–Crippen MR) is 101 cm³/mol. The zero-order chi connectivity index (χ0) is 24.7. The van der Waals surface area contributed by atoms with Gasteiger partial charge in [-0.1, -0.05) is 45.8 Å². The Bertz CT molecular complexity index is 1150. The summed E-state index contributed by atoms with van der Waals surface area (Å²) in [6.45, 7) is 9.83. The van der Waals surface area contributed by atoms with Crippen LogP contribution in [0.2, 0.25) is 0 Å². The van der Waals surface area contributed by atoms with E-state index in [0.29, 0.717) is 6.07 Å². The molecule has 4 rings (SSSR count). The third-order valence-electron chi connectivity index (χ3n) is 6.03. The molecule has 0 aliphatic carbocycles. The van der Waals surface area contributed by atoms with Crippen LogP contribution in [0.3, 0.4) is 0 Å². The van der Waals surface area contributed by atoms with Gasteiger partial charge in [-0.05, 0) is 12.1 Å². The normalized spacial score (nSPS) is 25.7. The first-order chi connectivity index (χ1) is 14.9. The Kier molecular flexibility index (Phi) is 8.63. The van der Waals surface area contributed by atoms with Gasteiger partial charge in [-0.25, -0.2) is 4.89 Å². The summed E-state index contributed by atoms with van der Waals surface area (Å²) in [4.78, 5) is 34.0. The smallest absolute Gasteiger partial charge is 0.780 e. The zero-order valence-electron chi connectivity index (χ0n) is 20.3. The van der Waals surface area contributed by atoms with Crippen LogP contribution in [0, 0.1) is 10.8 Å². The molecular formula is C20H21F3NNa2O8P. The van der Waals surface area contributed by atoms with Crippen molar-refractivity contribution >= 4 is 7.82 Å². The van der Waals surface area contributed by atoms with E-state index in [1.54, 1.807) is 0 Å². The summed E-state index contributed by atoms with van der Waals surface area (Å²) in [6.07, 6.45) is -4.82. The fraction of sp³-hybridized carbons (Fsp3) is 0.550. The molecular weight excluding hydrogens is 516 g/mol. The fourth-order valence-electron chi connectivity index (χ4n) is 4.91. The number of rotatable bonds is 4. The molecule has 2 fully saturated rings. The van der Waals surface area contributed by atoms with Crippen molar-refractivity contribution in [2.75, 3.05) is 6.61 Å². The summed E-state index contributed by atoms with van der Waals surface area (Å²) in [5.74, 6) is -3.44. The average Bonchev–Trinajstić information content (AvgIpc) is 3.13. The number of phosphoric acid groups is 1. The van der Waals surface area contributed by atoms with Crippen molar-refractivity contribution in [3.8, 4) is 17.0 Å². The van der Waals surface area contributed by atoms with Crippen LogP contribution in [-0.2, 0) is 31.0 Å². The van der Waals surface area contributed by atoms with Crippen LogP contribution >= 0.6 is 7.82 Å². The van der Waals surface area contributed by atoms with Crippen molar-refractivity contribution in [1.29, 1.82) is 0 Å². The maximum absolute atomic E-state index is 12.9. The molecule has 15 heteroatoms. The largest absolute Gasteiger partial charge is 1.00 e. The first kappa shape index (κ1) is 31.3. The predicted octanol–water partition coefficient (Wildman–Crippen LogP) is -2.47. The van der Waals surface area contributed by atoms with Crippen LogP contribution in [-0.4, -0.2) is 17.4 Å². The van der Waals surface area contributed by atoms with E-state index in [-0.39, 0.29) is 82.5 Å². The van der Waals surface area contributed by atoms with Gasteiger partial charge in [-0.2, -0.15) is 18.1 Å². The van der Waals surface area contributed by atoms with E-state index in [0.717, 1.165) is 6.07 Å². The van der Waals surface area contributed by atoms with Gasteiger partial charge in [0.15, 0.2) is 5.60 Å². The summed E-state index contributed by atoms with van der Waals surface area (Å²) in [5.41, 5.74) is -2.45. The maximum Gasteiger partial charge on any atom is 1.00 e. The van der Waals surface area contributed by atoms with Gasteiger partial charge in [0.2, 0.25) is 5.76 Å². The van der Waals surface area contributed by atoms with Crippen LogP contribution in [0.4, 0.5) is 13.2 Å². The SMILES string of the molecule is CC(C)(C)C12OOC1(c1ccc(-c3cc(C(F)(F)F)on3)c(OP(=O)([O-])[O-])c1)OCC2(C)C.[Na+].[Na+]. The van der Waals surface area contributed by atoms with E-state index in [9.17, 15) is 27.5 Å². The number of aromatic nitrogens is 1. The molecule has 35 heavy (non-hydrogen) atoms. The third kappa shape index (κ3) is 4.95. The molecule has 0 amide bonds. The van der Waals surface area contributed by atoms with Gasteiger partial charge < -0.3 is 28.1 Å². The van der Waals surface area contributed by atoms with Crippen molar-refractivity contribution in [1.82, 2.24) is 5.16 Å². The van der Waals surface area contributed by atoms with E-state index in [1.165, 1.54) is 12.1 Å². The second-order valence-electron chi connectivity index (χ2n) is 9.71. The van der Waals surface area contributed by atoms with Gasteiger partial charge in [-0.3, -0.25) is 0 Å². The van der Waals surface area contributed by atoms with Crippen LogP contribution in [0.25, 0.3) is 11.3 Å². The van der Waals surface area contributed by atoms with Crippen molar-refractivity contribution < 1.29 is 110 Å². The standard InChI is InChI=1S/C20H23F3NO8P.2Na/c1-16(2,3)20-17(4,5)10-28-18(20,31-32-20)11-6-7-12(14(8-11)30-33(25,26)27)13-9-15(29-24-13)19(21,22)23;;/h6-9H,10H2,1-5H3,(H2,25,26,27);;/q;2*+1/p-2. The zero-order valence-corrected chi connectivity index (χ0v) is 25.2. The minimum absolute atomic E-state index is 0. The third-order valence-corrected chi connectivity index (χ3v) is 6.45. The molecule has 0 bridgehead atoms. The van der Waals surface area contributed by atoms with E-state index in [1.807, 2.05) is 34.6 Å². The van der Waals surface area contributed by atoms with E-state index in [2.05, 4.69) is 14.2 Å². The number of nitrogens with zero attached hydrogens (tertiary/aromatic N) is 1. The number of alkyl halides is 3. The quantitative estimate of drug-likeness (QED) is 0.237. The average molecular weight is 537 g/mol. The molecule has 3 heterocycles. The molecule has 9 nitrogen and oxygen atoms in total. The van der Waals surface area contributed by atoms with Gasteiger partial charge in [0.25, 0.3) is 5.79 Å². The molecule has 0 saturated carbocycles. The molecule has 2 atom stereocenters. The topological polar surface area (TPSA) is 126 Å². The van der Waals surface area contributed by atoms with Crippen molar-refractivity contribution in [2.24, 2.45) is 10.8 Å².